The summed E-state index contributed by atoms with van der Waals surface area (Å²) in [7, 11) is 0. The predicted molar refractivity (Wildman–Crippen MR) is 160 cm³/mol. The summed E-state index contributed by atoms with van der Waals surface area (Å²) < 4.78 is 11.4. The molecule has 3 aromatic carbocycles. The summed E-state index contributed by atoms with van der Waals surface area (Å²) in [5, 5.41) is 6.30. The van der Waals surface area contributed by atoms with Crippen LogP contribution in [0.4, 0.5) is 0 Å². The molecule has 0 bridgehead atoms. The molecule has 4 aromatic rings. The highest BCUT2D eigenvalue weighted by molar-refractivity contribution is 6.40. The number of fused-ring (bicyclic) bond motifs is 1. The first-order chi connectivity index (χ1) is 19.3. The van der Waals surface area contributed by atoms with Gasteiger partial charge in [-0.1, -0.05) is 66.5 Å². The molecule has 1 aliphatic heterocycles. The van der Waals surface area contributed by atoms with Gasteiger partial charge in [0.1, 0.15) is 24.2 Å². The van der Waals surface area contributed by atoms with Crippen molar-refractivity contribution < 1.29 is 19.1 Å². The van der Waals surface area contributed by atoms with Crippen LogP contribution in [0.15, 0.2) is 71.9 Å². The van der Waals surface area contributed by atoms with Crippen LogP contribution in [0.5, 0.6) is 5.75 Å². The number of oxime groups is 1. The van der Waals surface area contributed by atoms with Crippen LogP contribution in [-0.2, 0) is 9.57 Å². The van der Waals surface area contributed by atoms with Gasteiger partial charge in [0.2, 0.25) is 0 Å². The van der Waals surface area contributed by atoms with Gasteiger partial charge >= 0.3 is 5.97 Å². The maximum Gasteiger partial charge on any atom is 0.339 e. The van der Waals surface area contributed by atoms with Crippen molar-refractivity contribution in [3.05, 3.63) is 93.6 Å². The van der Waals surface area contributed by atoms with Crippen LogP contribution in [0, 0.1) is 18.8 Å². The van der Waals surface area contributed by atoms with E-state index in [0.29, 0.717) is 45.8 Å². The highest BCUT2D eigenvalue weighted by atomic mass is 35.5. The lowest BCUT2D eigenvalue weighted by molar-refractivity contribution is 0.0178. The van der Waals surface area contributed by atoms with Crippen molar-refractivity contribution in [1.82, 2.24) is 4.98 Å². The molecule has 0 aliphatic carbocycles. The Morgan fingerprint density at radius 1 is 1.00 bits per heavy atom. The Morgan fingerprint density at radius 3 is 2.38 bits per heavy atom. The predicted octanol–water partition coefficient (Wildman–Crippen LogP) is 8.15. The fourth-order valence-corrected chi connectivity index (χ4v) is 5.54. The molecule has 1 aliphatic rings. The quantitative estimate of drug-likeness (QED) is 0.198. The van der Waals surface area contributed by atoms with Gasteiger partial charge in [0.05, 0.1) is 39.3 Å². The van der Waals surface area contributed by atoms with E-state index in [4.69, 9.17) is 37.5 Å². The summed E-state index contributed by atoms with van der Waals surface area (Å²) in [5.41, 5.74) is 5.36. The maximum absolute atomic E-state index is 12.3. The number of aromatic nitrogens is 1. The fourth-order valence-electron chi connectivity index (χ4n) is 4.95. The first kappa shape index (κ1) is 27.9. The number of carbonyl (C=O) groups is 1. The largest absolute Gasteiger partial charge is 0.493 e. The fraction of sp³-hybridized carbons (Fsp3) is 0.281. The van der Waals surface area contributed by atoms with E-state index in [-0.39, 0.29) is 23.9 Å². The third-order valence-electron chi connectivity index (χ3n) is 7.01. The molecule has 0 N–H and O–H groups in total. The van der Waals surface area contributed by atoms with Crippen molar-refractivity contribution in [3.8, 4) is 16.9 Å². The van der Waals surface area contributed by atoms with Gasteiger partial charge in [0.15, 0.2) is 0 Å². The van der Waals surface area contributed by atoms with E-state index in [9.17, 15) is 4.79 Å². The second-order valence-corrected chi connectivity index (χ2v) is 10.9. The molecule has 206 valence electrons. The Kier molecular flexibility index (Phi) is 8.29. The van der Waals surface area contributed by atoms with E-state index in [2.05, 4.69) is 24.0 Å². The molecule has 40 heavy (non-hydrogen) atoms. The minimum atomic E-state index is -0.362. The van der Waals surface area contributed by atoms with Gasteiger partial charge in [-0.2, -0.15) is 0 Å². The molecule has 6 nitrogen and oxygen atoms in total. The van der Waals surface area contributed by atoms with Crippen LogP contribution >= 0.6 is 23.2 Å². The van der Waals surface area contributed by atoms with Crippen LogP contribution in [0.1, 0.15) is 42.4 Å². The molecule has 8 heteroatoms. The summed E-state index contributed by atoms with van der Waals surface area (Å²) in [6.07, 6.45) is -0.157. The number of carbonyl (C=O) groups excluding carboxylic acids is 1. The number of hydrogen-bond donors (Lipinski definition) is 0. The van der Waals surface area contributed by atoms with Crippen LogP contribution in [0.3, 0.4) is 0 Å². The van der Waals surface area contributed by atoms with Crippen molar-refractivity contribution in [2.75, 3.05) is 13.2 Å². The van der Waals surface area contributed by atoms with Gasteiger partial charge in [0.25, 0.3) is 0 Å². The van der Waals surface area contributed by atoms with E-state index in [1.165, 1.54) is 0 Å². The molecule has 0 radical (unpaired) electrons. The first-order valence-corrected chi connectivity index (χ1v) is 14.0. The Labute approximate surface area is 243 Å². The monoisotopic (exact) mass is 576 g/mol. The van der Waals surface area contributed by atoms with Crippen molar-refractivity contribution in [3.63, 3.8) is 0 Å². The van der Waals surface area contributed by atoms with Gasteiger partial charge in [-0.3, -0.25) is 4.98 Å². The van der Waals surface area contributed by atoms with E-state index >= 15 is 0 Å². The maximum atomic E-state index is 12.3. The second kappa shape index (κ2) is 11.9. The third-order valence-corrected chi connectivity index (χ3v) is 7.64. The zero-order valence-electron chi connectivity index (χ0n) is 22.8. The van der Waals surface area contributed by atoms with Crippen molar-refractivity contribution in [1.29, 1.82) is 0 Å². The minimum Gasteiger partial charge on any atom is -0.493 e. The number of benzene rings is 3. The molecule has 1 aromatic heterocycles. The van der Waals surface area contributed by atoms with E-state index in [0.717, 1.165) is 27.8 Å². The highest BCUT2D eigenvalue weighted by Crippen LogP contribution is 2.35. The number of ether oxygens (including phenoxy) is 2. The number of esters is 1. The zero-order chi connectivity index (χ0) is 28.4. The lowest BCUT2D eigenvalue weighted by Crippen LogP contribution is -2.33. The van der Waals surface area contributed by atoms with E-state index in [1.807, 2.05) is 61.5 Å². The Morgan fingerprint density at radius 2 is 1.70 bits per heavy atom. The average molecular weight is 578 g/mol. The normalized spacial score (nSPS) is 16.6. The average Bonchev–Trinajstić information content (AvgIpc) is 3.35. The molecule has 0 spiro atoms. The van der Waals surface area contributed by atoms with Crippen LogP contribution in [0.25, 0.3) is 22.0 Å². The number of pyridine rings is 1. The van der Waals surface area contributed by atoms with Gasteiger partial charge in [0, 0.05) is 10.9 Å². The Balaban J connectivity index is 1.35. The van der Waals surface area contributed by atoms with Gasteiger partial charge in [-0.05, 0) is 73.4 Å². The summed E-state index contributed by atoms with van der Waals surface area (Å²) in [5.74, 6) is 0.445. The molecule has 0 amide bonds. The summed E-state index contributed by atoms with van der Waals surface area (Å²) in [6, 6.07) is 21.2. The molecular weight excluding hydrogens is 547 g/mol. The minimum absolute atomic E-state index is 0.137. The number of aryl methyl sites for hydroxylation is 1. The smallest absolute Gasteiger partial charge is 0.339 e. The topological polar surface area (TPSA) is 70.0 Å². The van der Waals surface area contributed by atoms with E-state index < -0.39 is 0 Å². The molecule has 0 fully saturated rings. The second-order valence-electron chi connectivity index (χ2n) is 10.1. The molecular formula is C32H30Cl2N2O4. The number of nitrogens with zero attached hydrogens (tertiary/aromatic N) is 2. The molecule has 0 saturated heterocycles. The molecule has 0 saturated carbocycles. The molecule has 2 atom stereocenters. The van der Waals surface area contributed by atoms with Gasteiger partial charge in [-0.25, -0.2) is 4.79 Å². The summed E-state index contributed by atoms with van der Waals surface area (Å²) in [4.78, 5) is 22.7. The third kappa shape index (κ3) is 5.65. The molecule has 2 heterocycles. The van der Waals surface area contributed by atoms with Crippen molar-refractivity contribution in [2.45, 2.75) is 33.8 Å². The van der Waals surface area contributed by atoms with Crippen LogP contribution in [-0.4, -0.2) is 36.0 Å². The number of halogens is 2. The summed E-state index contributed by atoms with van der Waals surface area (Å²) in [6.45, 7) is 8.47. The van der Waals surface area contributed by atoms with Gasteiger partial charge < -0.3 is 14.3 Å². The van der Waals surface area contributed by atoms with Crippen molar-refractivity contribution >= 4 is 45.8 Å². The highest BCUT2D eigenvalue weighted by Gasteiger charge is 2.39. The zero-order valence-corrected chi connectivity index (χ0v) is 24.3. The summed E-state index contributed by atoms with van der Waals surface area (Å²) >= 11 is 13.0. The lowest BCUT2D eigenvalue weighted by Gasteiger charge is -2.23. The van der Waals surface area contributed by atoms with Crippen LogP contribution in [0.2, 0.25) is 10.0 Å². The van der Waals surface area contributed by atoms with Gasteiger partial charge in [-0.15, -0.1) is 0 Å². The standard InChI is InChI=1S/C32H30Cl2N2O4/c1-5-38-32(37)24-16-22-15-21(11-14-28(22)35-19(24)4)20-9-12-23(13-10-20)39-17-25-30(36-40-31(25)18(2)3)29-26(33)7-6-8-27(29)34/h6-16,18,25,31H,5,17H2,1-4H3. The SMILES string of the molecule is CCOC(=O)c1cc2cc(-c3ccc(OCC4C(c5c(Cl)cccc5Cl)=NOC4C(C)C)cc3)ccc2nc1C. The Bertz CT molecular complexity index is 1560. The molecule has 5 rings (SSSR count). The molecule has 2 unspecified atom stereocenters. The van der Waals surface area contributed by atoms with E-state index in [1.54, 1.807) is 19.1 Å². The number of rotatable bonds is 8. The number of hydrogen-bond acceptors (Lipinski definition) is 6. The van der Waals surface area contributed by atoms with Crippen molar-refractivity contribution in [2.24, 2.45) is 17.0 Å². The first-order valence-electron chi connectivity index (χ1n) is 13.3. The lowest BCUT2D eigenvalue weighted by atomic mass is 9.87. The Hall–Kier alpha value is -3.61. The van der Waals surface area contributed by atoms with Crippen LogP contribution < -0.4 is 4.74 Å².